The number of carbonyl (C=O) groups excluding carboxylic acids is 1. The molecule has 2 aromatic carbocycles. The highest BCUT2D eigenvalue weighted by molar-refractivity contribution is 8.93. The van der Waals surface area contributed by atoms with Crippen LogP contribution in [-0.4, -0.2) is 23.3 Å². The second kappa shape index (κ2) is 18.6. The average molecular weight is 624 g/mol. The normalized spacial score (nSPS) is 12.7. The maximum absolute atomic E-state index is 12.7. The molecule has 1 N–H and O–H groups in total. The number of amides is 1. The molecule has 210 valence electrons. The van der Waals surface area contributed by atoms with Crippen molar-refractivity contribution in [3.05, 3.63) is 69.7 Å². The van der Waals surface area contributed by atoms with E-state index in [2.05, 4.69) is 36.3 Å². The molecule has 7 heteroatoms. The van der Waals surface area contributed by atoms with Gasteiger partial charge in [-0.25, -0.2) is 0 Å². The first-order chi connectivity index (χ1) is 18.0. The van der Waals surface area contributed by atoms with Crippen LogP contribution < -0.4 is 10.1 Å². The number of hydrogen-bond acceptors (Lipinski definition) is 4. The fourth-order valence-electron chi connectivity index (χ4n) is 4.52. The lowest BCUT2D eigenvalue weighted by Crippen LogP contribution is -2.15. The molecule has 0 spiro atoms. The van der Waals surface area contributed by atoms with Gasteiger partial charge in [0.2, 0.25) is 5.91 Å². The van der Waals surface area contributed by atoms with Crippen molar-refractivity contribution in [2.45, 2.75) is 91.0 Å². The van der Waals surface area contributed by atoms with Gasteiger partial charge in [0, 0.05) is 18.4 Å². The smallest absolute Gasteiger partial charge is 0.228 e. The third-order valence-corrected chi connectivity index (χ3v) is 7.87. The quantitative estimate of drug-likeness (QED) is 0.178. The van der Waals surface area contributed by atoms with E-state index in [1.54, 1.807) is 0 Å². The van der Waals surface area contributed by atoms with Crippen LogP contribution in [0.2, 0.25) is 5.02 Å². The molecule has 2 aromatic rings. The SMILES string of the molecule is Br.CCCCCCCCCCCCOc1cc(CC(=O)Nc2cccc(CN3C=C(C)SC3)c2)ccc1Cl. The third kappa shape index (κ3) is 12.5. The molecule has 3 rings (SSSR count). The van der Waals surface area contributed by atoms with Crippen molar-refractivity contribution < 1.29 is 9.53 Å². The molecule has 38 heavy (non-hydrogen) atoms. The second-order valence-corrected chi connectivity index (χ2v) is 11.6. The Morgan fingerprint density at radius 2 is 1.68 bits per heavy atom. The molecule has 0 aromatic heterocycles. The molecule has 0 bridgehead atoms. The van der Waals surface area contributed by atoms with Crippen LogP contribution in [0.15, 0.2) is 53.6 Å². The summed E-state index contributed by atoms with van der Waals surface area (Å²) in [7, 11) is 0. The molecular weight excluding hydrogens is 580 g/mol. The monoisotopic (exact) mass is 622 g/mol. The Bertz CT molecular complexity index is 1020. The molecule has 1 aliphatic rings. The minimum absolute atomic E-state index is 0. The Hall–Kier alpha value is -1.63. The molecule has 0 unspecified atom stereocenters. The molecular formula is C31H44BrClN2O2S. The molecule has 1 amide bonds. The molecule has 0 radical (unpaired) electrons. The number of carbonyl (C=O) groups is 1. The van der Waals surface area contributed by atoms with Gasteiger partial charge in [-0.3, -0.25) is 4.79 Å². The van der Waals surface area contributed by atoms with Crippen molar-refractivity contribution in [1.82, 2.24) is 4.90 Å². The van der Waals surface area contributed by atoms with Gasteiger partial charge in [0.1, 0.15) is 5.75 Å². The number of ether oxygens (including phenoxy) is 1. The largest absolute Gasteiger partial charge is 0.492 e. The van der Waals surface area contributed by atoms with Crippen molar-refractivity contribution in [1.29, 1.82) is 0 Å². The van der Waals surface area contributed by atoms with E-state index in [1.807, 2.05) is 48.2 Å². The van der Waals surface area contributed by atoms with Gasteiger partial charge in [-0.1, -0.05) is 94.5 Å². The lowest BCUT2D eigenvalue weighted by atomic mass is 10.1. The van der Waals surface area contributed by atoms with Gasteiger partial charge in [0.05, 0.1) is 23.9 Å². The molecule has 0 fully saturated rings. The number of benzene rings is 2. The topological polar surface area (TPSA) is 41.6 Å². The number of allylic oxidation sites excluding steroid dienone is 1. The predicted octanol–water partition coefficient (Wildman–Crippen LogP) is 9.77. The van der Waals surface area contributed by atoms with E-state index >= 15 is 0 Å². The summed E-state index contributed by atoms with van der Waals surface area (Å²) in [5.41, 5.74) is 2.89. The fraction of sp³-hybridized carbons (Fsp3) is 0.516. The van der Waals surface area contributed by atoms with Gasteiger partial charge in [-0.2, -0.15) is 0 Å². The van der Waals surface area contributed by atoms with Gasteiger partial charge in [0.15, 0.2) is 0 Å². The highest BCUT2D eigenvalue weighted by Crippen LogP contribution is 2.27. The van der Waals surface area contributed by atoms with Gasteiger partial charge >= 0.3 is 0 Å². The number of unbranched alkanes of at least 4 members (excludes halogenated alkanes) is 9. The Morgan fingerprint density at radius 1 is 0.974 bits per heavy atom. The van der Waals surface area contributed by atoms with E-state index in [9.17, 15) is 4.79 Å². The lowest BCUT2D eigenvalue weighted by molar-refractivity contribution is -0.115. The Kier molecular flexibility index (Phi) is 16.0. The summed E-state index contributed by atoms with van der Waals surface area (Å²) in [5.74, 6) is 1.59. The first kappa shape index (κ1) is 32.6. The summed E-state index contributed by atoms with van der Waals surface area (Å²) in [6, 6.07) is 13.7. The summed E-state index contributed by atoms with van der Waals surface area (Å²) >= 11 is 8.21. The molecule has 0 saturated heterocycles. The van der Waals surface area contributed by atoms with Crippen LogP contribution in [0.25, 0.3) is 0 Å². The van der Waals surface area contributed by atoms with Crippen LogP contribution in [0.4, 0.5) is 5.69 Å². The van der Waals surface area contributed by atoms with Crippen LogP contribution in [0, 0.1) is 0 Å². The van der Waals surface area contributed by atoms with Crippen LogP contribution >= 0.6 is 40.3 Å². The minimum atomic E-state index is -0.0485. The van der Waals surface area contributed by atoms with E-state index in [4.69, 9.17) is 16.3 Å². The van der Waals surface area contributed by atoms with Crippen LogP contribution in [-0.2, 0) is 17.8 Å². The number of rotatable bonds is 17. The summed E-state index contributed by atoms with van der Waals surface area (Å²) in [6.07, 6.45) is 15.4. The Balaban J connectivity index is 0.00000507. The third-order valence-electron chi connectivity index (χ3n) is 6.53. The molecule has 0 atom stereocenters. The van der Waals surface area contributed by atoms with Gasteiger partial charge < -0.3 is 15.0 Å². The number of halogens is 2. The lowest BCUT2D eigenvalue weighted by Gasteiger charge is -2.15. The van der Waals surface area contributed by atoms with Gasteiger partial charge in [0.25, 0.3) is 0 Å². The number of thioether (sulfide) groups is 1. The van der Waals surface area contributed by atoms with Crippen molar-refractivity contribution in [3.63, 3.8) is 0 Å². The van der Waals surface area contributed by atoms with Gasteiger partial charge in [-0.05, 0) is 53.6 Å². The minimum Gasteiger partial charge on any atom is -0.492 e. The van der Waals surface area contributed by atoms with Gasteiger partial charge in [-0.15, -0.1) is 28.7 Å². The molecule has 4 nitrogen and oxygen atoms in total. The summed E-state index contributed by atoms with van der Waals surface area (Å²) in [5, 5.41) is 3.63. The van der Waals surface area contributed by atoms with Crippen LogP contribution in [0.1, 0.15) is 89.2 Å². The standard InChI is InChI=1S/C31H43ClN2O2S.BrH/c1-3-4-5-6-7-8-9-10-11-12-18-36-30-20-26(16-17-29(30)32)21-31(35)33-28-15-13-14-27(19-28)23-34-22-25(2)37-24-34;/h13-17,19-20,22H,3-12,18,21,23-24H2,1-2H3,(H,33,35);1H. The first-order valence-corrected chi connectivity index (χ1v) is 15.2. The zero-order valence-electron chi connectivity index (χ0n) is 23.0. The maximum atomic E-state index is 12.7. The zero-order chi connectivity index (χ0) is 26.3. The summed E-state index contributed by atoms with van der Waals surface area (Å²) < 4.78 is 5.96. The van der Waals surface area contributed by atoms with Crippen LogP contribution in [0.3, 0.4) is 0 Å². The maximum Gasteiger partial charge on any atom is 0.228 e. The predicted molar refractivity (Wildman–Crippen MR) is 170 cm³/mol. The second-order valence-electron chi connectivity index (χ2n) is 9.98. The molecule has 0 saturated carbocycles. The van der Waals surface area contributed by atoms with E-state index in [1.165, 1.54) is 68.3 Å². The average Bonchev–Trinajstić information content (AvgIpc) is 3.28. The molecule has 1 aliphatic heterocycles. The highest BCUT2D eigenvalue weighted by Gasteiger charge is 2.12. The van der Waals surface area contributed by atoms with Crippen molar-refractivity contribution in [2.24, 2.45) is 0 Å². The Morgan fingerprint density at radius 3 is 2.37 bits per heavy atom. The van der Waals surface area contributed by atoms with Crippen molar-refractivity contribution in [3.8, 4) is 5.75 Å². The number of nitrogens with one attached hydrogen (secondary N) is 1. The zero-order valence-corrected chi connectivity index (χ0v) is 26.3. The number of hydrogen-bond donors (Lipinski definition) is 1. The summed E-state index contributed by atoms with van der Waals surface area (Å²) in [6.45, 7) is 5.89. The molecule has 1 heterocycles. The van der Waals surface area contributed by atoms with Crippen molar-refractivity contribution in [2.75, 3.05) is 17.8 Å². The number of anilines is 1. The molecule has 0 aliphatic carbocycles. The Labute approximate surface area is 249 Å². The van der Waals surface area contributed by atoms with E-state index in [-0.39, 0.29) is 29.3 Å². The van der Waals surface area contributed by atoms with Crippen molar-refractivity contribution >= 4 is 51.9 Å². The van der Waals surface area contributed by atoms with E-state index < -0.39 is 0 Å². The summed E-state index contributed by atoms with van der Waals surface area (Å²) in [4.78, 5) is 16.3. The number of nitrogens with zero attached hydrogens (tertiary/aromatic N) is 1. The first-order valence-electron chi connectivity index (χ1n) is 13.9. The highest BCUT2D eigenvalue weighted by atomic mass is 79.9. The van der Waals surface area contributed by atoms with E-state index in [0.29, 0.717) is 17.4 Å². The van der Waals surface area contributed by atoms with Crippen LogP contribution in [0.5, 0.6) is 5.75 Å². The fourth-order valence-corrected chi connectivity index (χ4v) is 5.45. The van der Waals surface area contributed by atoms with E-state index in [0.717, 1.165) is 30.1 Å².